The summed E-state index contributed by atoms with van der Waals surface area (Å²) in [6.45, 7) is 1.20. The van der Waals surface area contributed by atoms with Crippen LogP contribution in [0.25, 0.3) is 0 Å². The van der Waals surface area contributed by atoms with Gasteiger partial charge in [0.2, 0.25) is 0 Å². The van der Waals surface area contributed by atoms with E-state index in [0.717, 1.165) is 17.9 Å². The van der Waals surface area contributed by atoms with E-state index in [1.807, 2.05) is 59.5 Å². The van der Waals surface area contributed by atoms with E-state index >= 15 is 0 Å². The van der Waals surface area contributed by atoms with Gasteiger partial charge in [0.15, 0.2) is 11.5 Å². The second kappa shape index (κ2) is 7.42. The number of rotatable bonds is 5. The topological polar surface area (TPSA) is 38.8 Å². The molecule has 0 aromatic heterocycles. The number of ether oxygens (including phenoxy) is 2. The van der Waals surface area contributed by atoms with Crippen molar-refractivity contribution in [1.82, 2.24) is 4.90 Å². The molecule has 1 amide bonds. The number of nitrogens with zero attached hydrogens (tertiary/aromatic N) is 1. The van der Waals surface area contributed by atoms with Crippen molar-refractivity contribution in [3.05, 3.63) is 60.2 Å². The summed E-state index contributed by atoms with van der Waals surface area (Å²) in [5, 5.41) is 0.0209. The van der Waals surface area contributed by atoms with Crippen LogP contribution in [-0.4, -0.2) is 42.2 Å². The van der Waals surface area contributed by atoms with Gasteiger partial charge in [-0.05, 0) is 24.3 Å². The number of carbonyl (C=O) groups excluding carboxylic acids is 1. The fraction of sp³-hybridized carbons (Fsp3) is 0.278. The third-order valence-electron chi connectivity index (χ3n) is 3.72. The Morgan fingerprint density at radius 3 is 2.57 bits per heavy atom. The van der Waals surface area contributed by atoms with E-state index in [4.69, 9.17) is 9.47 Å². The molecular weight excluding hydrogens is 310 g/mol. The van der Waals surface area contributed by atoms with E-state index in [-0.39, 0.29) is 11.3 Å². The number of hydrogen-bond acceptors (Lipinski definition) is 4. The third-order valence-corrected chi connectivity index (χ3v) is 4.92. The first-order valence-electron chi connectivity index (χ1n) is 7.53. The average Bonchev–Trinajstić information content (AvgIpc) is 3.08. The Labute approximate surface area is 140 Å². The molecule has 3 rings (SSSR count). The van der Waals surface area contributed by atoms with Crippen molar-refractivity contribution < 1.29 is 14.3 Å². The number of thioether (sulfide) groups is 1. The molecule has 0 radical (unpaired) electrons. The zero-order chi connectivity index (χ0) is 16.1. The van der Waals surface area contributed by atoms with Crippen LogP contribution in [0.3, 0.4) is 0 Å². The average molecular weight is 329 g/mol. The van der Waals surface area contributed by atoms with Crippen molar-refractivity contribution in [3.8, 4) is 11.5 Å². The molecule has 0 N–H and O–H groups in total. The number of amides is 1. The van der Waals surface area contributed by atoms with Crippen LogP contribution in [0.2, 0.25) is 0 Å². The molecule has 0 spiro atoms. The molecule has 1 saturated heterocycles. The number of para-hydroxylation sites is 2. The lowest BCUT2D eigenvalue weighted by atomic mass is 10.2. The van der Waals surface area contributed by atoms with Gasteiger partial charge in [-0.3, -0.25) is 4.79 Å². The predicted molar refractivity (Wildman–Crippen MR) is 92.2 cm³/mol. The molecule has 2 aromatic rings. The molecule has 120 valence electrons. The van der Waals surface area contributed by atoms with Gasteiger partial charge in [0.25, 0.3) is 5.91 Å². The van der Waals surface area contributed by atoms with Gasteiger partial charge in [-0.25, -0.2) is 0 Å². The maximum absolute atomic E-state index is 12.6. The largest absolute Gasteiger partial charge is 0.493 e. The SMILES string of the molecule is COc1ccccc1OCC1SCCN1C(=O)c1ccccc1. The Bertz CT molecular complexity index is 662. The second-order valence-corrected chi connectivity index (χ2v) is 6.44. The smallest absolute Gasteiger partial charge is 0.254 e. The predicted octanol–water partition coefficient (Wildman–Crippen LogP) is 3.29. The molecule has 23 heavy (non-hydrogen) atoms. The minimum absolute atomic E-state index is 0.0209. The van der Waals surface area contributed by atoms with Gasteiger partial charge in [0.05, 0.1) is 7.11 Å². The lowest BCUT2D eigenvalue weighted by Crippen LogP contribution is -2.38. The number of benzene rings is 2. The van der Waals surface area contributed by atoms with Crippen molar-refractivity contribution in [2.75, 3.05) is 26.0 Å². The zero-order valence-corrected chi connectivity index (χ0v) is 13.8. The van der Waals surface area contributed by atoms with Crippen LogP contribution < -0.4 is 9.47 Å². The zero-order valence-electron chi connectivity index (χ0n) is 13.0. The molecule has 0 saturated carbocycles. The summed E-state index contributed by atoms with van der Waals surface area (Å²) in [5.74, 6) is 2.40. The summed E-state index contributed by atoms with van der Waals surface area (Å²) in [7, 11) is 1.62. The van der Waals surface area contributed by atoms with E-state index < -0.39 is 0 Å². The van der Waals surface area contributed by atoms with Crippen molar-refractivity contribution >= 4 is 17.7 Å². The van der Waals surface area contributed by atoms with Gasteiger partial charge in [-0.1, -0.05) is 30.3 Å². The highest BCUT2D eigenvalue weighted by Gasteiger charge is 2.30. The van der Waals surface area contributed by atoms with Gasteiger partial charge >= 0.3 is 0 Å². The van der Waals surface area contributed by atoms with Crippen LogP contribution in [-0.2, 0) is 0 Å². The Kier molecular flexibility index (Phi) is 5.08. The molecule has 0 bridgehead atoms. The molecule has 2 aromatic carbocycles. The first kappa shape index (κ1) is 15.7. The van der Waals surface area contributed by atoms with Gasteiger partial charge in [-0.2, -0.15) is 0 Å². The molecule has 1 atom stereocenters. The fourth-order valence-corrected chi connectivity index (χ4v) is 3.66. The van der Waals surface area contributed by atoms with Gasteiger partial charge in [0.1, 0.15) is 12.0 Å². The van der Waals surface area contributed by atoms with Crippen LogP contribution in [0.15, 0.2) is 54.6 Å². The summed E-state index contributed by atoms with van der Waals surface area (Å²) in [5.41, 5.74) is 0.720. The summed E-state index contributed by atoms with van der Waals surface area (Å²) in [6.07, 6.45) is 0. The maximum atomic E-state index is 12.6. The minimum Gasteiger partial charge on any atom is -0.493 e. The highest BCUT2D eigenvalue weighted by Crippen LogP contribution is 2.30. The quantitative estimate of drug-likeness (QED) is 0.844. The molecule has 0 aliphatic carbocycles. The minimum atomic E-state index is 0.0209. The molecule has 1 heterocycles. The summed E-state index contributed by atoms with van der Waals surface area (Å²) in [4.78, 5) is 14.5. The Balaban J connectivity index is 1.66. The molecule has 1 unspecified atom stereocenters. The van der Waals surface area contributed by atoms with Crippen LogP contribution in [0, 0.1) is 0 Å². The van der Waals surface area contributed by atoms with Crippen molar-refractivity contribution in [2.45, 2.75) is 5.37 Å². The van der Waals surface area contributed by atoms with Crippen molar-refractivity contribution in [3.63, 3.8) is 0 Å². The Hall–Kier alpha value is -2.14. The van der Waals surface area contributed by atoms with Crippen LogP contribution in [0.5, 0.6) is 11.5 Å². The summed E-state index contributed by atoms with van der Waals surface area (Å²) >= 11 is 1.75. The highest BCUT2D eigenvalue weighted by atomic mass is 32.2. The molecule has 5 heteroatoms. The fourth-order valence-electron chi connectivity index (χ4n) is 2.54. The highest BCUT2D eigenvalue weighted by molar-refractivity contribution is 8.00. The van der Waals surface area contributed by atoms with Crippen molar-refractivity contribution in [1.29, 1.82) is 0 Å². The number of hydrogen-bond donors (Lipinski definition) is 0. The first-order valence-corrected chi connectivity index (χ1v) is 8.58. The number of carbonyl (C=O) groups is 1. The van der Waals surface area contributed by atoms with Crippen molar-refractivity contribution in [2.24, 2.45) is 0 Å². The molecule has 4 nitrogen and oxygen atoms in total. The second-order valence-electron chi connectivity index (χ2n) is 5.15. The van der Waals surface area contributed by atoms with E-state index in [0.29, 0.717) is 18.1 Å². The maximum Gasteiger partial charge on any atom is 0.254 e. The Morgan fingerprint density at radius 1 is 1.13 bits per heavy atom. The van der Waals surface area contributed by atoms with E-state index in [2.05, 4.69) is 0 Å². The molecule has 1 aliphatic rings. The number of methoxy groups -OCH3 is 1. The van der Waals surface area contributed by atoms with E-state index in [1.165, 1.54) is 0 Å². The van der Waals surface area contributed by atoms with Gasteiger partial charge < -0.3 is 14.4 Å². The normalized spacial score (nSPS) is 17.1. The third kappa shape index (κ3) is 3.62. The van der Waals surface area contributed by atoms with Gasteiger partial charge in [0, 0.05) is 17.9 Å². The molecule has 1 aliphatic heterocycles. The summed E-state index contributed by atoms with van der Waals surface area (Å²) in [6, 6.07) is 16.9. The van der Waals surface area contributed by atoms with Gasteiger partial charge in [-0.15, -0.1) is 11.8 Å². The van der Waals surface area contributed by atoms with E-state index in [1.54, 1.807) is 18.9 Å². The van der Waals surface area contributed by atoms with E-state index in [9.17, 15) is 4.79 Å². The lowest BCUT2D eigenvalue weighted by molar-refractivity contribution is 0.0729. The molecular formula is C18H19NO3S. The molecule has 1 fully saturated rings. The Morgan fingerprint density at radius 2 is 1.83 bits per heavy atom. The summed E-state index contributed by atoms with van der Waals surface area (Å²) < 4.78 is 11.2. The standard InChI is InChI=1S/C18H19NO3S/c1-21-15-9-5-6-10-16(15)22-13-17-19(11-12-23-17)18(20)14-7-3-2-4-8-14/h2-10,17H,11-13H2,1H3. The van der Waals surface area contributed by atoms with Crippen LogP contribution >= 0.6 is 11.8 Å². The van der Waals surface area contributed by atoms with Crippen LogP contribution in [0.4, 0.5) is 0 Å². The van der Waals surface area contributed by atoms with Crippen LogP contribution in [0.1, 0.15) is 10.4 Å². The lowest BCUT2D eigenvalue weighted by Gasteiger charge is -2.24. The first-order chi connectivity index (χ1) is 11.3. The monoisotopic (exact) mass is 329 g/mol.